The Hall–Kier alpha value is -0.660. The molecule has 1 aliphatic heterocycles. The summed E-state index contributed by atoms with van der Waals surface area (Å²) in [5, 5.41) is 0.431. The van der Waals surface area contributed by atoms with E-state index >= 15 is 0 Å². The first-order chi connectivity index (χ1) is 10.4. The summed E-state index contributed by atoms with van der Waals surface area (Å²) in [6, 6.07) is 6.45. The van der Waals surface area contributed by atoms with Crippen molar-refractivity contribution in [3.8, 4) is 0 Å². The second-order valence-corrected chi connectivity index (χ2v) is 8.05. The van der Waals surface area contributed by atoms with Crippen LogP contribution in [0.25, 0.3) is 0 Å². The highest BCUT2D eigenvalue weighted by Crippen LogP contribution is 2.25. The second-order valence-electron chi connectivity index (χ2n) is 5.72. The van der Waals surface area contributed by atoms with Crippen LogP contribution in [0, 0.1) is 0 Å². The van der Waals surface area contributed by atoms with Crippen molar-refractivity contribution in [1.82, 2.24) is 9.21 Å². The first kappa shape index (κ1) is 17.7. The molecule has 0 bridgehead atoms. The molecule has 1 fully saturated rings. The van der Waals surface area contributed by atoms with E-state index in [1.54, 1.807) is 22.5 Å². The van der Waals surface area contributed by atoms with E-state index in [0.29, 0.717) is 31.3 Å². The summed E-state index contributed by atoms with van der Waals surface area (Å²) in [7, 11) is 0.325. The number of likely N-dealkylation sites (N-methyl/N-ethyl adjacent to an activating group) is 1. The number of ether oxygens (including phenoxy) is 1. The summed E-state index contributed by atoms with van der Waals surface area (Å²) < 4.78 is 33.0. The average Bonchev–Trinajstić information content (AvgIpc) is 2.48. The zero-order chi connectivity index (χ0) is 16.2. The lowest BCUT2D eigenvalue weighted by Gasteiger charge is -2.34. The van der Waals surface area contributed by atoms with E-state index in [9.17, 15) is 8.42 Å². The predicted molar refractivity (Wildman–Crippen MR) is 87.7 cm³/mol. The van der Waals surface area contributed by atoms with Gasteiger partial charge in [0.05, 0.1) is 4.90 Å². The van der Waals surface area contributed by atoms with Crippen LogP contribution in [-0.2, 0) is 14.8 Å². The summed E-state index contributed by atoms with van der Waals surface area (Å²) in [4.78, 5) is 2.24. The van der Waals surface area contributed by atoms with Gasteiger partial charge in [0, 0.05) is 37.4 Å². The fraction of sp³-hybridized carbons (Fsp3) is 0.600. The number of halogens is 1. The van der Waals surface area contributed by atoms with E-state index in [-0.39, 0.29) is 10.9 Å². The minimum absolute atomic E-state index is 0.0160. The highest BCUT2D eigenvalue weighted by atomic mass is 35.5. The van der Waals surface area contributed by atoms with Crippen molar-refractivity contribution in [3.63, 3.8) is 0 Å². The Balaban J connectivity index is 2.29. The molecule has 0 aliphatic carbocycles. The third kappa shape index (κ3) is 4.43. The maximum Gasteiger partial charge on any atom is 0.243 e. The summed E-state index contributed by atoms with van der Waals surface area (Å²) in [5.74, 6) is 0. The lowest BCUT2D eigenvalue weighted by Crippen LogP contribution is -2.46. The lowest BCUT2D eigenvalue weighted by molar-refractivity contribution is 0.0573. The van der Waals surface area contributed by atoms with Gasteiger partial charge in [-0.2, -0.15) is 4.31 Å². The predicted octanol–water partition coefficient (Wildman–Crippen LogP) is 2.07. The lowest BCUT2D eigenvalue weighted by atomic mass is 10.1. The maximum atomic E-state index is 13.0. The third-order valence-electron chi connectivity index (χ3n) is 3.77. The molecule has 1 saturated heterocycles. The van der Waals surface area contributed by atoms with E-state index in [2.05, 4.69) is 0 Å². The van der Waals surface area contributed by atoms with Crippen LogP contribution in [0.5, 0.6) is 0 Å². The molecule has 0 radical (unpaired) electrons. The molecule has 1 aromatic rings. The van der Waals surface area contributed by atoms with Gasteiger partial charge in [-0.05, 0) is 45.1 Å². The molecule has 1 aliphatic rings. The Kier molecular flexibility index (Phi) is 6.23. The molecule has 1 aromatic carbocycles. The minimum atomic E-state index is -3.55. The molecule has 0 unspecified atom stereocenters. The van der Waals surface area contributed by atoms with E-state index in [1.165, 1.54) is 6.07 Å². The molecule has 2 rings (SSSR count). The van der Waals surface area contributed by atoms with Crippen molar-refractivity contribution in [3.05, 3.63) is 29.3 Å². The summed E-state index contributed by atoms with van der Waals surface area (Å²) in [6.07, 6.45) is 1.46. The molecule has 0 aromatic heterocycles. The van der Waals surface area contributed by atoms with Crippen LogP contribution in [0.15, 0.2) is 29.2 Å². The Morgan fingerprint density at radius 3 is 2.50 bits per heavy atom. The summed E-state index contributed by atoms with van der Waals surface area (Å²) >= 11 is 5.96. The van der Waals surface area contributed by atoms with Gasteiger partial charge in [0.15, 0.2) is 0 Å². The average molecular weight is 347 g/mol. The van der Waals surface area contributed by atoms with Crippen LogP contribution >= 0.6 is 11.6 Å². The summed E-state index contributed by atoms with van der Waals surface area (Å²) in [6.45, 7) is 2.35. The van der Waals surface area contributed by atoms with E-state index < -0.39 is 10.0 Å². The Morgan fingerprint density at radius 1 is 1.23 bits per heavy atom. The zero-order valence-corrected chi connectivity index (χ0v) is 14.6. The van der Waals surface area contributed by atoms with Crippen LogP contribution in [0.3, 0.4) is 0 Å². The number of nitrogens with zero attached hydrogens (tertiary/aromatic N) is 2. The minimum Gasteiger partial charge on any atom is -0.381 e. The van der Waals surface area contributed by atoms with Crippen molar-refractivity contribution < 1.29 is 13.2 Å². The Bertz CT molecular complexity index is 586. The van der Waals surface area contributed by atoms with Crippen LogP contribution in [-0.4, -0.2) is 64.1 Å². The van der Waals surface area contributed by atoms with Gasteiger partial charge in [-0.15, -0.1) is 0 Å². The maximum absolute atomic E-state index is 13.0. The number of benzene rings is 1. The number of hydrogen-bond donors (Lipinski definition) is 0. The summed E-state index contributed by atoms with van der Waals surface area (Å²) in [5.41, 5.74) is 0. The van der Waals surface area contributed by atoms with Gasteiger partial charge in [-0.3, -0.25) is 0 Å². The standard InChI is InChI=1S/C15H23ClN2O3S/c1-17(2)8-9-18(14-6-10-21-11-7-14)22(19,20)15-5-3-4-13(16)12-15/h3-5,12,14H,6-11H2,1-2H3. The van der Waals surface area contributed by atoms with Crippen LogP contribution < -0.4 is 0 Å². The van der Waals surface area contributed by atoms with Crippen molar-refractivity contribution in [1.29, 1.82) is 0 Å². The largest absolute Gasteiger partial charge is 0.381 e. The van der Waals surface area contributed by atoms with Crippen LogP contribution in [0.1, 0.15) is 12.8 Å². The Labute approximate surface area is 137 Å². The van der Waals surface area contributed by atoms with Gasteiger partial charge >= 0.3 is 0 Å². The van der Waals surface area contributed by atoms with Gasteiger partial charge in [0.25, 0.3) is 0 Å². The fourth-order valence-corrected chi connectivity index (χ4v) is 4.51. The first-order valence-corrected chi connectivity index (χ1v) is 9.23. The SMILES string of the molecule is CN(C)CCN(C1CCOCC1)S(=O)(=O)c1cccc(Cl)c1. The molecular weight excluding hydrogens is 324 g/mol. The Morgan fingerprint density at radius 2 is 1.91 bits per heavy atom. The molecule has 7 heteroatoms. The van der Waals surface area contributed by atoms with E-state index in [1.807, 2.05) is 19.0 Å². The molecule has 0 amide bonds. The first-order valence-electron chi connectivity index (χ1n) is 7.41. The van der Waals surface area contributed by atoms with Gasteiger partial charge < -0.3 is 9.64 Å². The van der Waals surface area contributed by atoms with Gasteiger partial charge in [-0.1, -0.05) is 17.7 Å². The molecule has 0 N–H and O–H groups in total. The number of hydrogen-bond acceptors (Lipinski definition) is 4. The highest BCUT2D eigenvalue weighted by molar-refractivity contribution is 7.89. The molecule has 1 heterocycles. The second kappa shape index (κ2) is 7.75. The third-order valence-corrected chi connectivity index (χ3v) is 5.95. The highest BCUT2D eigenvalue weighted by Gasteiger charge is 2.32. The topological polar surface area (TPSA) is 49.9 Å². The van der Waals surface area contributed by atoms with Crippen molar-refractivity contribution in [2.75, 3.05) is 40.4 Å². The molecule has 22 heavy (non-hydrogen) atoms. The van der Waals surface area contributed by atoms with Crippen LogP contribution in [0.4, 0.5) is 0 Å². The van der Waals surface area contributed by atoms with Crippen molar-refractivity contribution in [2.45, 2.75) is 23.8 Å². The van der Waals surface area contributed by atoms with Crippen molar-refractivity contribution >= 4 is 21.6 Å². The van der Waals surface area contributed by atoms with Gasteiger partial charge in [0.2, 0.25) is 10.0 Å². The smallest absolute Gasteiger partial charge is 0.243 e. The normalized spacial score (nSPS) is 17.3. The molecule has 5 nitrogen and oxygen atoms in total. The molecule has 0 atom stereocenters. The molecule has 0 spiro atoms. The quantitative estimate of drug-likeness (QED) is 0.791. The monoisotopic (exact) mass is 346 g/mol. The number of sulfonamides is 1. The molecule has 0 saturated carbocycles. The van der Waals surface area contributed by atoms with Crippen molar-refractivity contribution in [2.24, 2.45) is 0 Å². The molecular formula is C15H23ClN2O3S. The van der Waals surface area contributed by atoms with E-state index in [4.69, 9.17) is 16.3 Å². The van der Waals surface area contributed by atoms with Crippen LogP contribution in [0.2, 0.25) is 5.02 Å². The van der Waals surface area contributed by atoms with Gasteiger partial charge in [0.1, 0.15) is 0 Å². The van der Waals surface area contributed by atoms with E-state index in [0.717, 1.165) is 12.8 Å². The van der Waals surface area contributed by atoms with Gasteiger partial charge in [-0.25, -0.2) is 8.42 Å². The number of rotatable bonds is 6. The molecule has 124 valence electrons. The fourth-order valence-electron chi connectivity index (χ4n) is 2.53. The zero-order valence-electron chi connectivity index (χ0n) is 13.0.